The maximum Gasteiger partial charge on any atom is 0.472 e. The predicted octanol–water partition coefficient (Wildman–Crippen LogP) is 22.3. The Balaban J connectivity index is 5.17. The van der Waals surface area contributed by atoms with Gasteiger partial charge in [-0.15, -0.1) is 0 Å². The van der Waals surface area contributed by atoms with Crippen molar-refractivity contribution in [3.8, 4) is 0 Å². The molecule has 0 fully saturated rings. The molecule has 0 saturated carbocycles. The molecule has 0 aromatic heterocycles. The van der Waals surface area contributed by atoms with Crippen molar-refractivity contribution in [1.82, 2.24) is 0 Å². The van der Waals surface area contributed by atoms with E-state index in [0.717, 1.165) is 102 Å². The third kappa shape index (κ3) is 69.0. The van der Waals surface area contributed by atoms with Gasteiger partial charge in [0.2, 0.25) is 0 Å². The molecule has 0 aliphatic carbocycles. The zero-order chi connectivity index (χ0) is 70.0. The van der Waals surface area contributed by atoms with Gasteiger partial charge in [-0.25, -0.2) is 9.13 Å². The van der Waals surface area contributed by atoms with Crippen molar-refractivity contribution >= 4 is 39.5 Å². The minimum absolute atomic E-state index is 0.107. The zero-order valence-corrected chi connectivity index (χ0v) is 63.8. The Morgan fingerprint density at radius 2 is 0.537 bits per heavy atom. The highest BCUT2D eigenvalue weighted by molar-refractivity contribution is 7.47. The van der Waals surface area contributed by atoms with E-state index in [4.69, 9.17) is 37.0 Å². The number of aliphatic hydroxyl groups excluding tert-OH is 1. The summed E-state index contributed by atoms with van der Waals surface area (Å²) in [6.45, 7) is 9.63. The highest BCUT2D eigenvalue weighted by Gasteiger charge is 2.30. The molecule has 19 heteroatoms. The van der Waals surface area contributed by atoms with Crippen molar-refractivity contribution < 1.29 is 80.2 Å². The maximum atomic E-state index is 13.1. The van der Waals surface area contributed by atoms with Crippen LogP contribution in [0.25, 0.3) is 0 Å². The average Bonchev–Trinajstić information content (AvgIpc) is 1.57. The Labute approximate surface area is 581 Å². The lowest BCUT2D eigenvalue weighted by Gasteiger charge is -2.21. The molecule has 0 rings (SSSR count). The minimum atomic E-state index is -4.96. The minimum Gasteiger partial charge on any atom is -0.462 e. The van der Waals surface area contributed by atoms with Gasteiger partial charge in [-0.2, -0.15) is 0 Å². The number of carbonyl (C=O) groups excluding carboxylic acids is 4. The van der Waals surface area contributed by atoms with Crippen LogP contribution in [0.5, 0.6) is 0 Å². The fourth-order valence-corrected chi connectivity index (χ4v) is 13.2. The summed E-state index contributed by atoms with van der Waals surface area (Å²) in [7, 11) is -9.91. The molecule has 95 heavy (non-hydrogen) atoms. The third-order valence-corrected chi connectivity index (χ3v) is 20.0. The van der Waals surface area contributed by atoms with Crippen LogP contribution >= 0.6 is 15.6 Å². The quantitative estimate of drug-likeness (QED) is 0.0222. The average molecular weight is 1400 g/mol. The summed E-state index contributed by atoms with van der Waals surface area (Å²) >= 11 is 0. The fraction of sp³-hybridized carbons (Fsp3) is 0.947. The molecule has 6 atom stereocenters. The molecule has 3 N–H and O–H groups in total. The lowest BCUT2D eigenvalue weighted by molar-refractivity contribution is -0.161. The zero-order valence-electron chi connectivity index (χ0n) is 62.0. The Morgan fingerprint density at radius 1 is 0.305 bits per heavy atom. The summed E-state index contributed by atoms with van der Waals surface area (Å²) < 4.78 is 68.4. The predicted molar refractivity (Wildman–Crippen MR) is 386 cm³/mol. The van der Waals surface area contributed by atoms with E-state index >= 15 is 0 Å². The van der Waals surface area contributed by atoms with E-state index in [1.165, 1.54) is 212 Å². The van der Waals surface area contributed by atoms with Gasteiger partial charge >= 0.3 is 39.5 Å². The number of carbonyl (C=O) groups is 4. The van der Waals surface area contributed by atoms with Gasteiger partial charge in [-0.1, -0.05) is 343 Å². The largest absolute Gasteiger partial charge is 0.472 e. The monoisotopic (exact) mass is 1400 g/mol. The first-order valence-corrected chi connectivity index (χ1v) is 42.5. The Bertz CT molecular complexity index is 1840. The molecular weight excluding hydrogens is 1250 g/mol. The molecule has 0 amide bonds. The first kappa shape index (κ1) is 93.1. The van der Waals surface area contributed by atoms with Crippen molar-refractivity contribution in [2.45, 2.75) is 413 Å². The molecule has 0 saturated heterocycles. The molecule has 0 aliphatic heterocycles. The van der Waals surface area contributed by atoms with E-state index in [1.807, 2.05) is 0 Å². The van der Waals surface area contributed by atoms with Gasteiger partial charge < -0.3 is 33.8 Å². The number of phosphoric acid groups is 2. The summed E-state index contributed by atoms with van der Waals surface area (Å²) in [4.78, 5) is 72.7. The summed E-state index contributed by atoms with van der Waals surface area (Å²) in [5, 5.41) is 10.6. The standard InChI is InChI=1S/C76H148O17P2/c1-7-10-12-14-16-18-19-29-35-42-48-54-60-75(80)92-71(64-86-73(78)58-52-46-40-32-17-15-13-11-8-2)66-90-94(82,83)88-62-70(77)63-89-95(84,85)91-67-72(65-87-74(79)59-53-47-41-37-31-33-38-44-50-56-68(4)5)93-76(81)61-55-49-43-36-30-27-25-23-21-20-22-24-26-28-34-39-45-51-57-69(6)9-3/h68-72,77H,7-67H2,1-6H3,(H,82,83)(H,84,85)/t69?,70-,71+,72+/m0/s1. The third-order valence-electron chi connectivity index (χ3n) is 18.1. The van der Waals surface area contributed by atoms with Crippen LogP contribution in [-0.4, -0.2) is 96.7 Å². The molecule has 0 bridgehead atoms. The first-order chi connectivity index (χ1) is 45.9. The highest BCUT2D eigenvalue weighted by Crippen LogP contribution is 2.45. The number of ether oxygens (including phenoxy) is 4. The van der Waals surface area contributed by atoms with Gasteiger partial charge in [0.25, 0.3) is 0 Å². The van der Waals surface area contributed by atoms with Crippen LogP contribution in [0.1, 0.15) is 395 Å². The molecule has 3 unspecified atom stereocenters. The van der Waals surface area contributed by atoms with E-state index in [2.05, 4.69) is 41.5 Å². The van der Waals surface area contributed by atoms with E-state index in [0.29, 0.717) is 25.7 Å². The summed E-state index contributed by atoms with van der Waals surface area (Å²) in [6, 6.07) is 0. The number of esters is 4. The van der Waals surface area contributed by atoms with Gasteiger partial charge in [-0.3, -0.25) is 37.3 Å². The van der Waals surface area contributed by atoms with Crippen LogP contribution in [-0.2, 0) is 65.4 Å². The topological polar surface area (TPSA) is 237 Å². The number of rotatable bonds is 75. The number of hydrogen-bond donors (Lipinski definition) is 3. The van der Waals surface area contributed by atoms with Crippen molar-refractivity contribution in [3.63, 3.8) is 0 Å². The van der Waals surface area contributed by atoms with E-state index in [-0.39, 0.29) is 25.7 Å². The molecular formula is C76H148O17P2. The molecule has 0 aliphatic rings. The smallest absolute Gasteiger partial charge is 0.462 e. The van der Waals surface area contributed by atoms with Crippen LogP contribution in [0.3, 0.4) is 0 Å². The van der Waals surface area contributed by atoms with Crippen LogP contribution in [0.2, 0.25) is 0 Å². The highest BCUT2D eigenvalue weighted by atomic mass is 31.2. The molecule has 0 heterocycles. The van der Waals surface area contributed by atoms with Gasteiger partial charge in [-0.05, 0) is 37.5 Å². The Kier molecular flexibility index (Phi) is 66.5. The van der Waals surface area contributed by atoms with Crippen molar-refractivity contribution in [3.05, 3.63) is 0 Å². The van der Waals surface area contributed by atoms with Crippen LogP contribution in [0, 0.1) is 11.8 Å². The van der Waals surface area contributed by atoms with Gasteiger partial charge in [0, 0.05) is 25.7 Å². The van der Waals surface area contributed by atoms with Crippen molar-refractivity contribution in [2.75, 3.05) is 39.6 Å². The second-order valence-electron chi connectivity index (χ2n) is 28.1. The molecule has 0 spiro atoms. The number of unbranched alkanes of at least 4 members (excludes halogenated alkanes) is 44. The molecule has 17 nitrogen and oxygen atoms in total. The summed E-state index contributed by atoms with van der Waals surface area (Å²) in [5.41, 5.74) is 0. The van der Waals surface area contributed by atoms with Crippen LogP contribution in [0.4, 0.5) is 0 Å². The Hall–Kier alpha value is -1.94. The summed E-state index contributed by atoms with van der Waals surface area (Å²) in [6.07, 6.45) is 55.5. The first-order valence-electron chi connectivity index (χ1n) is 39.5. The molecule has 0 aromatic carbocycles. The second-order valence-corrected chi connectivity index (χ2v) is 31.0. The van der Waals surface area contributed by atoms with E-state index in [9.17, 15) is 43.2 Å². The summed E-state index contributed by atoms with van der Waals surface area (Å²) in [5.74, 6) is -0.502. The lowest BCUT2D eigenvalue weighted by atomic mass is 9.99. The second kappa shape index (κ2) is 67.9. The number of aliphatic hydroxyl groups is 1. The number of phosphoric ester groups is 2. The van der Waals surface area contributed by atoms with E-state index in [1.54, 1.807) is 0 Å². The van der Waals surface area contributed by atoms with Gasteiger partial charge in [0.05, 0.1) is 26.4 Å². The van der Waals surface area contributed by atoms with Crippen molar-refractivity contribution in [1.29, 1.82) is 0 Å². The molecule has 564 valence electrons. The normalized spacial score (nSPS) is 14.3. The van der Waals surface area contributed by atoms with Crippen LogP contribution in [0.15, 0.2) is 0 Å². The Morgan fingerprint density at radius 3 is 0.800 bits per heavy atom. The fourth-order valence-electron chi connectivity index (χ4n) is 11.6. The molecule has 0 aromatic rings. The number of hydrogen-bond acceptors (Lipinski definition) is 15. The van der Waals surface area contributed by atoms with Crippen LogP contribution < -0.4 is 0 Å². The SMILES string of the molecule is CCCCCCCCCCCCCCC(=O)O[C@H](COC(=O)CCCCCCCCCCC)COP(=O)(O)OC[C@H](O)COP(=O)(O)OC[C@@H](COC(=O)CCCCCCCCCCCC(C)C)OC(=O)CCCCCCCCCCCCCCCCCCCCC(C)CC. The maximum absolute atomic E-state index is 13.1. The lowest BCUT2D eigenvalue weighted by Crippen LogP contribution is -2.30. The van der Waals surface area contributed by atoms with Gasteiger partial charge in [0.15, 0.2) is 12.2 Å². The van der Waals surface area contributed by atoms with Gasteiger partial charge in [0.1, 0.15) is 19.3 Å². The molecule has 0 radical (unpaired) electrons. The van der Waals surface area contributed by atoms with E-state index < -0.39 is 97.5 Å². The van der Waals surface area contributed by atoms with Crippen molar-refractivity contribution in [2.24, 2.45) is 11.8 Å².